The van der Waals surface area contributed by atoms with Crippen molar-refractivity contribution in [2.24, 2.45) is 11.7 Å². The van der Waals surface area contributed by atoms with Gasteiger partial charge in [-0.1, -0.05) is 0 Å². The predicted molar refractivity (Wildman–Crippen MR) is 60.1 cm³/mol. The number of amides is 1. The Morgan fingerprint density at radius 2 is 2.13 bits per heavy atom. The second kappa shape index (κ2) is 3.90. The summed E-state index contributed by atoms with van der Waals surface area (Å²) in [6, 6.07) is 5.42. The van der Waals surface area contributed by atoms with Crippen LogP contribution in [-0.4, -0.2) is 5.91 Å². The maximum absolute atomic E-state index is 11.5. The minimum Gasteiger partial charge on any atom is -0.399 e. The molecule has 80 valence electrons. The highest BCUT2D eigenvalue weighted by atomic mass is 16.2. The molecule has 4 nitrogen and oxygen atoms in total. The SMILES string of the molecule is NCc1cc(N)cc(NC(=O)C2CC2)c1. The van der Waals surface area contributed by atoms with Crippen molar-refractivity contribution >= 4 is 17.3 Å². The highest BCUT2D eigenvalue weighted by Crippen LogP contribution is 2.30. The lowest BCUT2D eigenvalue weighted by Crippen LogP contribution is -2.14. The van der Waals surface area contributed by atoms with Gasteiger partial charge in [0.25, 0.3) is 0 Å². The van der Waals surface area contributed by atoms with Crippen molar-refractivity contribution in [2.45, 2.75) is 19.4 Å². The summed E-state index contributed by atoms with van der Waals surface area (Å²) in [5, 5.41) is 2.84. The van der Waals surface area contributed by atoms with Crippen LogP contribution in [0.4, 0.5) is 11.4 Å². The number of nitrogens with one attached hydrogen (secondary N) is 1. The molecule has 1 fully saturated rings. The molecule has 0 atom stereocenters. The molecule has 1 aliphatic carbocycles. The van der Waals surface area contributed by atoms with E-state index in [4.69, 9.17) is 11.5 Å². The van der Waals surface area contributed by atoms with Gasteiger partial charge in [0.1, 0.15) is 0 Å². The normalized spacial score (nSPS) is 15.0. The molecule has 0 radical (unpaired) electrons. The van der Waals surface area contributed by atoms with Crippen molar-refractivity contribution in [3.8, 4) is 0 Å². The van der Waals surface area contributed by atoms with E-state index in [1.54, 1.807) is 6.07 Å². The van der Waals surface area contributed by atoms with Crippen LogP contribution in [0.5, 0.6) is 0 Å². The van der Waals surface area contributed by atoms with Gasteiger partial charge in [-0.2, -0.15) is 0 Å². The van der Waals surface area contributed by atoms with Gasteiger partial charge in [-0.3, -0.25) is 4.79 Å². The first kappa shape index (κ1) is 9.98. The van der Waals surface area contributed by atoms with Crippen molar-refractivity contribution in [1.29, 1.82) is 0 Å². The standard InChI is InChI=1S/C11H15N3O/c12-6-7-3-9(13)5-10(4-7)14-11(15)8-1-2-8/h3-5,8H,1-2,6,12-13H2,(H,14,15). The van der Waals surface area contributed by atoms with Crippen molar-refractivity contribution < 1.29 is 4.79 Å². The molecule has 1 aromatic carbocycles. The van der Waals surface area contributed by atoms with E-state index in [-0.39, 0.29) is 11.8 Å². The van der Waals surface area contributed by atoms with Crippen LogP contribution >= 0.6 is 0 Å². The molecule has 0 aromatic heterocycles. The largest absolute Gasteiger partial charge is 0.399 e. The van der Waals surface area contributed by atoms with Crippen LogP contribution in [-0.2, 0) is 11.3 Å². The number of hydrogen-bond acceptors (Lipinski definition) is 3. The van der Waals surface area contributed by atoms with Gasteiger partial charge in [-0.25, -0.2) is 0 Å². The Hall–Kier alpha value is -1.55. The van der Waals surface area contributed by atoms with E-state index in [0.717, 1.165) is 24.1 Å². The molecule has 1 aromatic rings. The monoisotopic (exact) mass is 205 g/mol. The van der Waals surface area contributed by atoms with Gasteiger partial charge in [-0.15, -0.1) is 0 Å². The Morgan fingerprint density at radius 1 is 1.40 bits per heavy atom. The summed E-state index contributed by atoms with van der Waals surface area (Å²) in [5.74, 6) is 0.288. The summed E-state index contributed by atoms with van der Waals surface area (Å²) in [4.78, 5) is 11.5. The molecule has 0 unspecified atom stereocenters. The fourth-order valence-electron chi connectivity index (χ4n) is 1.50. The molecule has 1 amide bonds. The van der Waals surface area contributed by atoms with Crippen LogP contribution in [0.15, 0.2) is 18.2 Å². The summed E-state index contributed by atoms with van der Waals surface area (Å²) in [5.41, 5.74) is 13.5. The van der Waals surface area contributed by atoms with E-state index in [2.05, 4.69) is 5.32 Å². The first-order chi connectivity index (χ1) is 7.19. The van der Waals surface area contributed by atoms with E-state index in [0.29, 0.717) is 12.2 Å². The average Bonchev–Trinajstić information content (AvgIpc) is 2.99. The lowest BCUT2D eigenvalue weighted by atomic mass is 10.1. The van der Waals surface area contributed by atoms with Crippen molar-refractivity contribution in [3.05, 3.63) is 23.8 Å². The zero-order valence-electron chi connectivity index (χ0n) is 8.49. The number of anilines is 2. The third-order valence-electron chi connectivity index (χ3n) is 2.47. The Kier molecular flexibility index (Phi) is 2.60. The maximum atomic E-state index is 11.5. The highest BCUT2D eigenvalue weighted by Gasteiger charge is 2.29. The minimum atomic E-state index is 0.0866. The van der Waals surface area contributed by atoms with Gasteiger partial charge < -0.3 is 16.8 Å². The number of rotatable bonds is 3. The third-order valence-corrected chi connectivity index (χ3v) is 2.47. The van der Waals surface area contributed by atoms with Gasteiger partial charge in [0.2, 0.25) is 5.91 Å². The zero-order valence-corrected chi connectivity index (χ0v) is 8.49. The second-order valence-corrected chi connectivity index (χ2v) is 3.93. The average molecular weight is 205 g/mol. The molecule has 2 rings (SSSR count). The van der Waals surface area contributed by atoms with E-state index in [1.807, 2.05) is 12.1 Å². The number of benzene rings is 1. The Balaban J connectivity index is 2.12. The first-order valence-corrected chi connectivity index (χ1v) is 5.09. The van der Waals surface area contributed by atoms with E-state index in [9.17, 15) is 4.79 Å². The van der Waals surface area contributed by atoms with Crippen molar-refractivity contribution in [2.75, 3.05) is 11.1 Å². The van der Waals surface area contributed by atoms with Gasteiger partial charge in [0, 0.05) is 23.8 Å². The minimum absolute atomic E-state index is 0.0866. The molecule has 1 saturated carbocycles. The third kappa shape index (κ3) is 2.47. The van der Waals surface area contributed by atoms with E-state index in [1.165, 1.54) is 0 Å². The van der Waals surface area contributed by atoms with Crippen molar-refractivity contribution in [3.63, 3.8) is 0 Å². The zero-order chi connectivity index (χ0) is 10.8. The van der Waals surface area contributed by atoms with Crippen LogP contribution in [0.3, 0.4) is 0 Å². The number of nitrogen functional groups attached to an aromatic ring is 1. The summed E-state index contributed by atoms with van der Waals surface area (Å²) in [6.45, 7) is 0.428. The van der Waals surface area contributed by atoms with Crippen LogP contribution in [0.2, 0.25) is 0 Å². The van der Waals surface area contributed by atoms with Crippen LogP contribution < -0.4 is 16.8 Å². The lowest BCUT2D eigenvalue weighted by molar-refractivity contribution is -0.117. The van der Waals surface area contributed by atoms with Gasteiger partial charge in [0.05, 0.1) is 0 Å². The van der Waals surface area contributed by atoms with Gasteiger partial charge in [-0.05, 0) is 36.6 Å². The van der Waals surface area contributed by atoms with E-state index < -0.39 is 0 Å². The molecule has 0 heterocycles. The Morgan fingerprint density at radius 3 is 2.73 bits per heavy atom. The predicted octanol–water partition coefficient (Wildman–Crippen LogP) is 1.08. The van der Waals surface area contributed by atoms with Gasteiger partial charge in [0.15, 0.2) is 0 Å². The van der Waals surface area contributed by atoms with Gasteiger partial charge >= 0.3 is 0 Å². The smallest absolute Gasteiger partial charge is 0.227 e. The quantitative estimate of drug-likeness (QED) is 0.646. The molecular weight excluding hydrogens is 190 g/mol. The fraction of sp³-hybridized carbons (Fsp3) is 0.364. The topological polar surface area (TPSA) is 81.1 Å². The summed E-state index contributed by atoms with van der Waals surface area (Å²) in [6.07, 6.45) is 2.00. The Labute approximate surface area is 88.6 Å². The summed E-state index contributed by atoms with van der Waals surface area (Å²) in [7, 11) is 0. The molecular formula is C11H15N3O. The van der Waals surface area contributed by atoms with Crippen LogP contribution in [0.25, 0.3) is 0 Å². The van der Waals surface area contributed by atoms with E-state index >= 15 is 0 Å². The van der Waals surface area contributed by atoms with Crippen LogP contribution in [0.1, 0.15) is 18.4 Å². The first-order valence-electron chi connectivity index (χ1n) is 5.09. The molecule has 0 bridgehead atoms. The second-order valence-electron chi connectivity index (χ2n) is 3.93. The van der Waals surface area contributed by atoms with Crippen LogP contribution in [0, 0.1) is 5.92 Å². The number of nitrogens with two attached hydrogens (primary N) is 2. The lowest BCUT2D eigenvalue weighted by Gasteiger charge is -2.07. The fourth-order valence-corrected chi connectivity index (χ4v) is 1.50. The highest BCUT2D eigenvalue weighted by molar-refractivity contribution is 5.94. The molecule has 5 N–H and O–H groups in total. The number of carbonyl (C=O) groups is 1. The molecule has 0 aliphatic heterocycles. The van der Waals surface area contributed by atoms with Crippen molar-refractivity contribution in [1.82, 2.24) is 0 Å². The number of hydrogen-bond donors (Lipinski definition) is 3. The molecule has 4 heteroatoms. The Bertz CT molecular complexity index is 385. The molecule has 0 saturated heterocycles. The summed E-state index contributed by atoms with van der Waals surface area (Å²) >= 11 is 0. The summed E-state index contributed by atoms with van der Waals surface area (Å²) < 4.78 is 0. The maximum Gasteiger partial charge on any atom is 0.227 e. The number of carbonyl (C=O) groups excluding carboxylic acids is 1. The molecule has 1 aliphatic rings. The molecule has 15 heavy (non-hydrogen) atoms. The molecule has 0 spiro atoms.